The molecule has 3 aliphatic rings. The van der Waals surface area contributed by atoms with Gasteiger partial charge in [-0.15, -0.1) is 0 Å². The van der Waals surface area contributed by atoms with Gasteiger partial charge in [0.2, 0.25) is 0 Å². The van der Waals surface area contributed by atoms with Crippen LogP contribution in [0.3, 0.4) is 0 Å². The minimum Gasteiger partial charge on any atom is -0.446 e. The Balaban J connectivity index is 1.08. The second-order valence-corrected chi connectivity index (χ2v) is 13.8. The smallest absolute Gasteiger partial charge is 0.410 e. The van der Waals surface area contributed by atoms with Gasteiger partial charge in [-0.3, -0.25) is 5.32 Å². The zero-order valence-corrected chi connectivity index (χ0v) is 25.9. The summed E-state index contributed by atoms with van der Waals surface area (Å²) in [6.45, 7) is 8.39. The number of amides is 3. The van der Waals surface area contributed by atoms with Crippen LogP contribution in [0.25, 0.3) is 5.69 Å². The molecule has 1 saturated carbocycles. The minimum absolute atomic E-state index is 0.0894. The van der Waals surface area contributed by atoms with E-state index in [4.69, 9.17) is 9.84 Å². The number of rotatable bonds is 6. The second kappa shape index (κ2) is 12.1. The number of aromatic nitrogens is 2. The van der Waals surface area contributed by atoms with Crippen molar-refractivity contribution >= 4 is 23.6 Å². The summed E-state index contributed by atoms with van der Waals surface area (Å²) in [5.74, 6) is 1.13. The van der Waals surface area contributed by atoms with E-state index in [0.29, 0.717) is 11.7 Å². The number of carbonyl (C=O) groups excluding carboxylic acids is 2. The minimum atomic E-state index is -0.307. The van der Waals surface area contributed by atoms with Gasteiger partial charge in [0.25, 0.3) is 0 Å². The monoisotopic (exact) mass is 583 g/mol. The first-order valence-electron chi connectivity index (χ1n) is 16.0. The molecular weight excluding hydrogens is 538 g/mol. The summed E-state index contributed by atoms with van der Waals surface area (Å²) < 4.78 is 7.66. The van der Waals surface area contributed by atoms with Crippen molar-refractivity contribution < 1.29 is 14.3 Å². The Kier molecular flexibility index (Phi) is 8.21. The molecule has 8 nitrogen and oxygen atoms in total. The number of nitrogens with one attached hydrogen (secondary N) is 2. The van der Waals surface area contributed by atoms with Gasteiger partial charge in [-0.25, -0.2) is 14.3 Å². The topological polar surface area (TPSA) is 88.5 Å². The summed E-state index contributed by atoms with van der Waals surface area (Å²) in [5, 5.41) is 10.9. The highest BCUT2D eigenvalue weighted by Crippen LogP contribution is 2.41. The summed E-state index contributed by atoms with van der Waals surface area (Å²) in [7, 11) is 0. The predicted octanol–water partition coefficient (Wildman–Crippen LogP) is 7.99. The van der Waals surface area contributed by atoms with Crippen LogP contribution in [0.1, 0.15) is 89.0 Å². The van der Waals surface area contributed by atoms with Crippen molar-refractivity contribution in [3.8, 4) is 5.69 Å². The Morgan fingerprint density at radius 1 is 0.930 bits per heavy atom. The highest BCUT2D eigenvalue weighted by molar-refractivity contribution is 5.99. The van der Waals surface area contributed by atoms with Crippen LogP contribution in [-0.2, 0) is 16.6 Å². The van der Waals surface area contributed by atoms with Gasteiger partial charge in [-0.1, -0.05) is 50.6 Å². The van der Waals surface area contributed by atoms with Gasteiger partial charge in [0.15, 0.2) is 0 Å². The summed E-state index contributed by atoms with van der Waals surface area (Å²) >= 11 is 0. The molecular formula is C35H45N5O3. The Morgan fingerprint density at radius 3 is 2.30 bits per heavy atom. The number of nitrogens with zero attached hydrogens (tertiary/aromatic N) is 3. The molecule has 3 heterocycles. The van der Waals surface area contributed by atoms with E-state index >= 15 is 0 Å². The molecule has 3 aromatic rings. The summed E-state index contributed by atoms with van der Waals surface area (Å²) in [4.78, 5) is 28.2. The lowest BCUT2D eigenvalue weighted by molar-refractivity contribution is 0.0324. The van der Waals surface area contributed by atoms with Crippen LogP contribution in [0.2, 0.25) is 0 Å². The lowest BCUT2D eigenvalue weighted by atomic mass is 9.86. The van der Waals surface area contributed by atoms with Crippen molar-refractivity contribution in [2.24, 2.45) is 5.92 Å². The number of hydrogen-bond acceptors (Lipinski definition) is 4. The zero-order valence-electron chi connectivity index (χ0n) is 25.9. The van der Waals surface area contributed by atoms with E-state index in [1.807, 2.05) is 42.5 Å². The van der Waals surface area contributed by atoms with Gasteiger partial charge in [-0.05, 0) is 100 Å². The fraction of sp³-hybridized carbons (Fsp3) is 0.514. The number of urea groups is 1. The third-order valence-electron chi connectivity index (χ3n) is 9.32. The first-order chi connectivity index (χ1) is 20.6. The Morgan fingerprint density at radius 2 is 1.63 bits per heavy atom. The maximum atomic E-state index is 13.2. The van der Waals surface area contributed by atoms with Crippen LogP contribution in [0.4, 0.5) is 21.1 Å². The van der Waals surface area contributed by atoms with Crippen LogP contribution in [0.5, 0.6) is 0 Å². The number of fused-ring (bicyclic) bond motifs is 2. The molecule has 0 radical (unpaired) electrons. The molecule has 3 fully saturated rings. The lowest BCUT2D eigenvalue weighted by Gasteiger charge is -2.38. The van der Waals surface area contributed by atoms with E-state index in [2.05, 4.69) is 55.4 Å². The fourth-order valence-corrected chi connectivity index (χ4v) is 7.07. The van der Waals surface area contributed by atoms with Crippen LogP contribution in [0, 0.1) is 12.8 Å². The molecule has 2 aliphatic heterocycles. The van der Waals surface area contributed by atoms with Crippen LogP contribution in [-0.4, -0.2) is 45.0 Å². The number of piperidine rings is 1. The highest BCUT2D eigenvalue weighted by Gasteiger charge is 2.44. The molecule has 2 aromatic carbocycles. The summed E-state index contributed by atoms with van der Waals surface area (Å²) in [6.07, 6.45) is 9.46. The Hall–Kier alpha value is -3.81. The number of anilines is 2. The van der Waals surface area contributed by atoms with Crippen molar-refractivity contribution in [3.05, 3.63) is 71.4 Å². The van der Waals surface area contributed by atoms with E-state index in [0.717, 1.165) is 62.0 Å². The number of carbonyl (C=O) groups is 2. The maximum absolute atomic E-state index is 13.2. The third-order valence-corrected chi connectivity index (χ3v) is 9.32. The summed E-state index contributed by atoms with van der Waals surface area (Å²) in [5.41, 5.74) is 4.75. The van der Waals surface area contributed by atoms with Crippen molar-refractivity contribution in [1.82, 2.24) is 14.7 Å². The summed E-state index contributed by atoms with van der Waals surface area (Å²) in [6, 6.07) is 18.4. The normalized spacial score (nSPS) is 22.0. The zero-order chi connectivity index (χ0) is 30.1. The fourth-order valence-electron chi connectivity index (χ4n) is 7.07. The Bertz CT molecular complexity index is 1440. The van der Waals surface area contributed by atoms with Gasteiger partial charge in [0, 0.05) is 29.3 Å². The molecule has 0 spiro atoms. The molecule has 2 N–H and O–H groups in total. The number of aryl methyl sites for hydroxylation is 1. The highest BCUT2D eigenvalue weighted by atomic mass is 16.6. The maximum Gasteiger partial charge on any atom is 0.410 e. The van der Waals surface area contributed by atoms with Gasteiger partial charge >= 0.3 is 12.1 Å². The quantitative estimate of drug-likeness (QED) is 0.308. The number of benzene rings is 2. The SMILES string of the molecule is Cc1ccc(-n2nc(C(C)(C)C)cc2NC(=O)Nc2cccc(CC3CC4CCC(C3)N4C(=O)OC3CCCC3)c2)cc1. The van der Waals surface area contributed by atoms with Crippen molar-refractivity contribution in [3.63, 3.8) is 0 Å². The molecule has 2 unspecified atom stereocenters. The Labute approximate surface area is 255 Å². The van der Waals surface area contributed by atoms with E-state index in [1.165, 1.54) is 24.0 Å². The lowest BCUT2D eigenvalue weighted by Crippen LogP contribution is -2.47. The molecule has 8 heteroatoms. The van der Waals surface area contributed by atoms with Crippen LogP contribution >= 0.6 is 0 Å². The largest absolute Gasteiger partial charge is 0.446 e. The molecule has 6 rings (SSSR count). The second-order valence-electron chi connectivity index (χ2n) is 13.8. The molecule has 228 valence electrons. The molecule has 1 aromatic heterocycles. The van der Waals surface area contributed by atoms with Crippen molar-refractivity contribution in [1.29, 1.82) is 0 Å². The molecule has 1 aliphatic carbocycles. The van der Waals surface area contributed by atoms with Gasteiger partial charge in [0.1, 0.15) is 11.9 Å². The number of ether oxygens (including phenoxy) is 1. The van der Waals surface area contributed by atoms with Crippen molar-refractivity contribution in [2.75, 3.05) is 10.6 Å². The molecule has 3 amide bonds. The van der Waals surface area contributed by atoms with Gasteiger partial charge in [0.05, 0.1) is 11.4 Å². The third kappa shape index (κ3) is 6.73. The standard InChI is InChI=1S/C35H45N5O3/c1-23-12-14-27(15-13-23)40-32(22-31(38-40)35(2,3)4)37-33(41)36-26-9-7-8-24(19-26)18-25-20-28-16-17-29(21-25)39(28)34(42)43-30-10-5-6-11-30/h7-9,12-15,19,22,25,28-30H,5-6,10-11,16-18,20-21H2,1-4H3,(H2,36,37,41). The molecule has 2 atom stereocenters. The van der Waals surface area contributed by atoms with E-state index in [-0.39, 0.29) is 35.7 Å². The van der Waals surface area contributed by atoms with Crippen molar-refractivity contribution in [2.45, 2.75) is 109 Å². The molecule has 43 heavy (non-hydrogen) atoms. The van der Waals surface area contributed by atoms with Crippen LogP contribution in [0.15, 0.2) is 54.6 Å². The van der Waals surface area contributed by atoms with Gasteiger partial charge in [-0.2, -0.15) is 5.10 Å². The average Bonchev–Trinajstić information content (AvgIpc) is 3.68. The number of hydrogen-bond donors (Lipinski definition) is 2. The average molecular weight is 584 g/mol. The molecule has 2 bridgehead atoms. The van der Waals surface area contributed by atoms with E-state index in [1.54, 1.807) is 4.68 Å². The van der Waals surface area contributed by atoms with E-state index < -0.39 is 0 Å². The first-order valence-corrected chi connectivity index (χ1v) is 16.0. The van der Waals surface area contributed by atoms with Crippen LogP contribution < -0.4 is 10.6 Å². The van der Waals surface area contributed by atoms with Gasteiger partial charge < -0.3 is 15.0 Å². The van der Waals surface area contributed by atoms with E-state index in [9.17, 15) is 9.59 Å². The predicted molar refractivity (Wildman–Crippen MR) is 170 cm³/mol. The first kappa shape index (κ1) is 29.3. The molecule has 2 saturated heterocycles.